The maximum absolute atomic E-state index is 13.0. The first-order chi connectivity index (χ1) is 8.89. The molecule has 1 saturated heterocycles. The Balaban J connectivity index is 2.40. The Hall–Kier alpha value is -1.06. The van der Waals surface area contributed by atoms with Crippen LogP contribution in [-0.2, 0) is 9.59 Å². The predicted octanol–water partition coefficient (Wildman–Crippen LogP) is 2.22. The second-order valence-electron chi connectivity index (χ2n) is 6.42. The van der Waals surface area contributed by atoms with Crippen molar-refractivity contribution in [2.45, 2.75) is 83.3 Å². The van der Waals surface area contributed by atoms with Crippen molar-refractivity contribution >= 4 is 11.8 Å². The van der Waals surface area contributed by atoms with Crippen molar-refractivity contribution in [1.82, 2.24) is 10.2 Å². The Labute approximate surface area is 115 Å². The van der Waals surface area contributed by atoms with E-state index in [0.29, 0.717) is 12.8 Å². The lowest BCUT2D eigenvalue weighted by molar-refractivity contribution is -0.165. The summed E-state index contributed by atoms with van der Waals surface area (Å²) in [7, 11) is 0. The molecule has 4 heteroatoms. The van der Waals surface area contributed by atoms with E-state index in [0.717, 1.165) is 25.7 Å². The minimum Gasteiger partial charge on any atom is -0.340 e. The van der Waals surface area contributed by atoms with Crippen molar-refractivity contribution in [1.29, 1.82) is 0 Å². The molecule has 0 radical (unpaired) electrons. The third-order valence-corrected chi connectivity index (χ3v) is 5.04. The summed E-state index contributed by atoms with van der Waals surface area (Å²) < 4.78 is 0. The summed E-state index contributed by atoms with van der Waals surface area (Å²) in [4.78, 5) is 27.3. The summed E-state index contributed by atoms with van der Waals surface area (Å²) in [6, 6.07) is 0.242. The van der Waals surface area contributed by atoms with Crippen LogP contribution in [-0.4, -0.2) is 33.8 Å². The predicted molar refractivity (Wildman–Crippen MR) is 74.6 cm³/mol. The zero-order valence-electron chi connectivity index (χ0n) is 12.6. The van der Waals surface area contributed by atoms with Crippen LogP contribution < -0.4 is 5.32 Å². The largest absolute Gasteiger partial charge is 0.340 e. The van der Waals surface area contributed by atoms with E-state index in [4.69, 9.17) is 0 Å². The van der Waals surface area contributed by atoms with Crippen LogP contribution in [0.4, 0.5) is 0 Å². The summed E-state index contributed by atoms with van der Waals surface area (Å²) in [6.45, 7) is 7.70. The van der Waals surface area contributed by atoms with Gasteiger partial charge < -0.3 is 10.2 Å². The lowest BCUT2D eigenvalue weighted by Crippen LogP contribution is -2.75. The van der Waals surface area contributed by atoms with E-state index in [2.05, 4.69) is 5.32 Å². The van der Waals surface area contributed by atoms with Crippen LogP contribution in [0.5, 0.6) is 0 Å². The second kappa shape index (κ2) is 4.80. The van der Waals surface area contributed by atoms with Crippen LogP contribution in [0.3, 0.4) is 0 Å². The first-order valence-corrected chi connectivity index (χ1v) is 7.55. The van der Waals surface area contributed by atoms with Crippen LogP contribution in [0.2, 0.25) is 0 Å². The zero-order valence-corrected chi connectivity index (χ0v) is 12.6. The summed E-state index contributed by atoms with van der Waals surface area (Å²) in [5.74, 6) is 0.108. The first-order valence-electron chi connectivity index (χ1n) is 7.55. The lowest BCUT2D eigenvalue weighted by atomic mass is 9.82. The van der Waals surface area contributed by atoms with E-state index in [1.54, 1.807) is 0 Å². The van der Waals surface area contributed by atoms with Crippen molar-refractivity contribution in [2.24, 2.45) is 0 Å². The lowest BCUT2D eigenvalue weighted by Gasteiger charge is -2.52. The van der Waals surface area contributed by atoms with Crippen LogP contribution in [0.15, 0.2) is 0 Å². The average Bonchev–Trinajstić information content (AvgIpc) is 2.88. The van der Waals surface area contributed by atoms with Crippen LogP contribution >= 0.6 is 0 Å². The Kier molecular flexibility index (Phi) is 3.63. The number of carbonyl (C=O) groups excluding carboxylic acids is 2. The van der Waals surface area contributed by atoms with Gasteiger partial charge in [0, 0.05) is 6.04 Å². The summed E-state index contributed by atoms with van der Waals surface area (Å²) >= 11 is 0. The van der Waals surface area contributed by atoms with Crippen LogP contribution in [0.1, 0.15) is 66.2 Å². The van der Waals surface area contributed by atoms with E-state index >= 15 is 0 Å². The number of hydrogen-bond donors (Lipinski definition) is 1. The number of rotatable bonds is 3. The van der Waals surface area contributed by atoms with Crippen LogP contribution in [0, 0.1) is 0 Å². The molecule has 0 atom stereocenters. The fourth-order valence-corrected chi connectivity index (χ4v) is 3.53. The van der Waals surface area contributed by atoms with Gasteiger partial charge >= 0.3 is 0 Å². The van der Waals surface area contributed by atoms with E-state index < -0.39 is 11.1 Å². The molecule has 0 aromatic carbocycles. The molecule has 0 spiro atoms. The molecular formula is C15H26N2O2. The third kappa shape index (κ3) is 2.05. The molecule has 4 nitrogen and oxygen atoms in total. The standard InChI is InChI=1S/C15H26N2O2/c1-5-15(6-2)13(19)17(11-9-7-8-10-11)14(3,4)12(18)16-15/h11H,5-10H2,1-4H3,(H,16,18). The molecule has 0 bridgehead atoms. The first kappa shape index (κ1) is 14.4. The van der Waals surface area contributed by atoms with Gasteiger partial charge in [-0.15, -0.1) is 0 Å². The number of carbonyl (C=O) groups is 2. The van der Waals surface area contributed by atoms with E-state index in [-0.39, 0.29) is 17.9 Å². The zero-order chi connectivity index (χ0) is 14.3. The monoisotopic (exact) mass is 266 g/mol. The Morgan fingerprint density at radius 3 is 2.16 bits per heavy atom. The SMILES string of the molecule is CCC1(CC)NC(=O)C(C)(C)N(C2CCCC2)C1=O. The normalized spacial score (nSPS) is 26.6. The summed E-state index contributed by atoms with van der Waals surface area (Å²) in [5.41, 5.74) is -1.41. The quantitative estimate of drug-likeness (QED) is 0.851. The molecule has 19 heavy (non-hydrogen) atoms. The van der Waals surface area contributed by atoms with Gasteiger partial charge in [-0.25, -0.2) is 0 Å². The molecule has 1 heterocycles. The van der Waals surface area contributed by atoms with Crippen molar-refractivity contribution in [3.05, 3.63) is 0 Å². The van der Waals surface area contributed by atoms with Gasteiger partial charge in [0.1, 0.15) is 11.1 Å². The van der Waals surface area contributed by atoms with Gasteiger partial charge in [0.2, 0.25) is 11.8 Å². The minimum absolute atomic E-state index is 0.0114. The molecule has 0 aromatic rings. The maximum Gasteiger partial charge on any atom is 0.249 e. The molecule has 2 aliphatic rings. The minimum atomic E-state index is -0.722. The van der Waals surface area contributed by atoms with Gasteiger partial charge in [-0.2, -0.15) is 0 Å². The van der Waals surface area contributed by atoms with Gasteiger partial charge in [-0.3, -0.25) is 9.59 Å². The molecule has 2 amide bonds. The number of piperazine rings is 1. The Morgan fingerprint density at radius 2 is 1.68 bits per heavy atom. The number of hydrogen-bond acceptors (Lipinski definition) is 2. The highest BCUT2D eigenvalue weighted by atomic mass is 16.2. The molecule has 1 aliphatic heterocycles. The van der Waals surface area contributed by atoms with Crippen molar-refractivity contribution in [3.8, 4) is 0 Å². The molecule has 1 N–H and O–H groups in total. The third-order valence-electron chi connectivity index (χ3n) is 5.04. The van der Waals surface area contributed by atoms with Crippen molar-refractivity contribution in [2.75, 3.05) is 0 Å². The highest BCUT2D eigenvalue weighted by Gasteiger charge is 2.54. The molecule has 108 valence electrons. The topological polar surface area (TPSA) is 49.4 Å². The molecule has 1 saturated carbocycles. The molecule has 2 fully saturated rings. The molecule has 0 aromatic heterocycles. The molecular weight excluding hydrogens is 240 g/mol. The van der Waals surface area contributed by atoms with Gasteiger partial charge in [0.25, 0.3) is 0 Å². The fraction of sp³-hybridized carbons (Fsp3) is 0.867. The van der Waals surface area contributed by atoms with E-state index in [1.165, 1.54) is 0 Å². The Bertz CT molecular complexity index is 380. The van der Waals surface area contributed by atoms with Gasteiger partial charge in [-0.05, 0) is 39.5 Å². The highest BCUT2D eigenvalue weighted by Crippen LogP contribution is 2.36. The summed E-state index contributed by atoms with van der Waals surface area (Å²) in [6.07, 6.45) is 5.72. The van der Waals surface area contributed by atoms with Gasteiger partial charge in [0.15, 0.2) is 0 Å². The summed E-state index contributed by atoms with van der Waals surface area (Å²) in [5, 5.41) is 2.99. The maximum atomic E-state index is 13.0. The molecule has 1 aliphatic carbocycles. The molecule has 2 rings (SSSR count). The molecule has 0 unspecified atom stereocenters. The van der Waals surface area contributed by atoms with Gasteiger partial charge in [-0.1, -0.05) is 26.7 Å². The van der Waals surface area contributed by atoms with E-state index in [9.17, 15) is 9.59 Å². The van der Waals surface area contributed by atoms with Crippen molar-refractivity contribution < 1.29 is 9.59 Å². The fourth-order valence-electron chi connectivity index (χ4n) is 3.53. The smallest absolute Gasteiger partial charge is 0.249 e. The van der Waals surface area contributed by atoms with Gasteiger partial charge in [0.05, 0.1) is 0 Å². The average molecular weight is 266 g/mol. The van der Waals surface area contributed by atoms with Crippen LogP contribution in [0.25, 0.3) is 0 Å². The number of nitrogens with one attached hydrogen (secondary N) is 1. The number of amides is 2. The number of nitrogens with zero attached hydrogens (tertiary/aromatic N) is 1. The van der Waals surface area contributed by atoms with Crippen molar-refractivity contribution in [3.63, 3.8) is 0 Å². The van der Waals surface area contributed by atoms with E-state index in [1.807, 2.05) is 32.6 Å². The Morgan fingerprint density at radius 1 is 1.16 bits per heavy atom. The second-order valence-corrected chi connectivity index (χ2v) is 6.42. The highest BCUT2D eigenvalue weighted by molar-refractivity contribution is 6.02.